The first kappa shape index (κ1) is 14.1. The summed E-state index contributed by atoms with van der Waals surface area (Å²) in [5.74, 6) is 0.937. The zero-order valence-corrected chi connectivity index (χ0v) is 12.9. The van der Waals surface area contributed by atoms with Crippen LogP contribution in [-0.2, 0) is 10.0 Å². The van der Waals surface area contributed by atoms with E-state index in [0.717, 1.165) is 25.7 Å². The highest BCUT2D eigenvalue weighted by molar-refractivity contribution is 7.89. The van der Waals surface area contributed by atoms with E-state index in [4.69, 9.17) is 4.52 Å². The molecular formula is C14H22N2O3S. The van der Waals surface area contributed by atoms with Gasteiger partial charge < -0.3 is 4.52 Å². The lowest BCUT2D eigenvalue weighted by atomic mass is 9.97. The van der Waals surface area contributed by atoms with Crippen LogP contribution in [0.25, 0.3) is 0 Å². The van der Waals surface area contributed by atoms with E-state index in [9.17, 15) is 8.42 Å². The Morgan fingerprint density at radius 2 is 1.85 bits per heavy atom. The van der Waals surface area contributed by atoms with Gasteiger partial charge in [-0.3, -0.25) is 0 Å². The first-order valence-electron chi connectivity index (χ1n) is 7.46. The second-order valence-electron chi connectivity index (χ2n) is 6.02. The van der Waals surface area contributed by atoms with Crippen LogP contribution in [0.5, 0.6) is 0 Å². The average Bonchev–Trinajstić information content (AvgIpc) is 3.08. The van der Waals surface area contributed by atoms with Crippen LogP contribution in [0.1, 0.15) is 50.0 Å². The molecule has 1 aliphatic carbocycles. The molecule has 20 heavy (non-hydrogen) atoms. The lowest BCUT2D eigenvalue weighted by Gasteiger charge is -2.28. The van der Waals surface area contributed by atoms with Gasteiger partial charge in [0.1, 0.15) is 10.6 Å². The van der Waals surface area contributed by atoms with Crippen LogP contribution in [0, 0.1) is 19.8 Å². The Labute approximate surface area is 120 Å². The van der Waals surface area contributed by atoms with Crippen molar-refractivity contribution in [3.05, 3.63) is 11.5 Å². The van der Waals surface area contributed by atoms with E-state index in [1.807, 2.05) is 0 Å². The van der Waals surface area contributed by atoms with Gasteiger partial charge in [0.2, 0.25) is 10.0 Å². The average molecular weight is 298 g/mol. The highest BCUT2D eigenvalue weighted by Crippen LogP contribution is 2.38. The molecule has 1 aliphatic heterocycles. The molecule has 1 atom stereocenters. The van der Waals surface area contributed by atoms with Crippen molar-refractivity contribution < 1.29 is 12.9 Å². The van der Waals surface area contributed by atoms with Crippen LogP contribution in [-0.4, -0.2) is 30.5 Å². The minimum atomic E-state index is -3.47. The molecule has 0 radical (unpaired) electrons. The monoisotopic (exact) mass is 298 g/mol. The zero-order valence-electron chi connectivity index (χ0n) is 12.1. The van der Waals surface area contributed by atoms with E-state index in [0.29, 0.717) is 23.9 Å². The van der Waals surface area contributed by atoms with Crippen LogP contribution in [0.3, 0.4) is 0 Å². The van der Waals surface area contributed by atoms with Crippen molar-refractivity contribution in [2.45, 2.75) is 63.3 Å². The summed E-state index contributed by atoms with van der Waals surface area (Å²) < 4.78 is 32.6. The maximum absolute atomic E-state index is 12.9. The fourth-order valence-corrected chi connectivity index (χ4v) is 5.89. The molecule has 2 heterocycles. The lowest BCUT2D eigenvalue weighted by Crippen LogP contribution is -2.39. The molecule has 6 heteroatoms. The SMILES string of the molecule is Cc1noc(C)c1S(=O)(=O)N1CCC[C@@H]1C1CCCC1. The Morgan fingerprint density at radius 1 is 1.15 bits per heavy atom. The number of hydrogen-bond donors (Lipinski definition) is 0. The van der Waals surface area contributed by atoms with Crippen molar-refractivity contribution in [1.82, 2.24) is 9.46 Å². The highest BCUT2D eigenvalue weighted by Gasteiger charge is 2.42. The fraction of sp³-hybridized carbons (Fsp3) is 0.786. The molecule has 112 valence electrons. The summed E-state index contributed by atoms with van der Waals surface area (Å²) in [6.45, 7) is 4.01. The smallest absolute Gasteiger partial charge is 0.248 e. The number of rotatable bonds is 3. The molecule has 0 N–H and O–H groups in total. The van der Waals surface area contributed by atoms with Crippen molar-refractivity contribution in [2.75, 3.05) is 6.54 Å². The van der Waals surface area contributed by atoms with Gasteiger partial charge >= 0.3 is 0 Å². The second kappa shape index (κ2) is 5.15. The van der Waals surface area contributed by atoms with Crippen molar-refractivity contribution >= 4 is 10.0 Å². The van der Waals surface area contributed by atoms with Crippen molar-refractivity contribution in [1.29, 1.82) is 0 Å². The summed E-state index contributed by atoms with van der Waals surface area (Å²) in [6.07, 6.45) is 6.76. The van der Waals surface area contributed by atoms with Crippen LogP contribution in [0.2, 0.25) is 0 Å². The third-order valence-electron chi connectivity index (χ3n) is 4.73. The summed E-state index contributed by atoms with van der Waals surface area (Å²) in [5, 5.41) is 3.80. The van der Waals surface area contributed by atoms with Gasteiger partial charge in [-0.1, -0.05) is 18.0 Å². The number of sulfonamides is 1. The standard InChI is InChI=1S/C14H22N2O3S/c1-10-14(11(2)19-15-10)20(17,18)16-9-5-8-13(16)12-6-3-4-7-12/h12-13H,3-9H2,1-2H3/t13-/m1/s1. The van der Waals surface area contributed by atoms with Crippen LogP contribution in [0.4, 0.5) is 0 Å². The molecule has 1 aromatic heterocycles. The Morgan fingerprint density at radius 3 is 2.45 bits per heavy atom. The Bertz CT molecular complexity index is 568. The molecule has 1 aromatic rings. The van der Waals surface area contributed by atoms with Gasteiger partial charge in [0.15, 0.2) is 5.76 Å². The van der Waals surface area contributed by atoms with E-state index in [1.165, 1.54) is 12.8 Å². The summed E-state index contributed by atoms with van der Waals surface area (Å²) in [6, 6.07) is 0.177. The largest absolute Gasteiger partial charge is 0.360 e. The van der Waals surface area contributed by atoms with E-state index in [2.05, 4.69) is 5.16 Å². The predicted octanol–water partition coefficient (Wildman–Crippen LogP) is 2.63. The molecular weight excluding hydrogens is 276 g/mol. The van der Waals surface area contributed by atoms with Gasteiger partial charge in [-0.25, -0.2) is 8.42 Å². The molecule has 0 unspecified atom stereocenters. The normalized spacial score (nSPS) is 25.6. The molecule has 1 saturated carbocycles. The molecule has 2 aliphatic rings. The van der Waals surface area contributed by atoms with Crippen LogP contribution >= 0.6 is 0 Å². The molecule has 2 fully saturated rings. The first-order chi connectivity index (χ1) is 9.51. The Hall–Kier alpha value is -0.880. The van der Waals surface area contributed by atoms with E-state index < -0.39 is 10.0 Å². The van der Waals surface area contributed by atoms with E-state index in [-0.39, 0.29) is 10.9 Å². The van der Waals surface area contributed by atoms with E-state index >= 15 is 0 Å². The second-order valence-corrected chi connectivity index (χ2v) is 7.85. The fourth-order valence-electron chi connectivity index (χ4n) is 3.84. The molecule has 0 aromatic carbocycles. The summed E-state index contributed by atoms with van der Waals surface area (Å²) >= 11 is 0. The topological polar surface area (TPSA) is 63.4 Å². The minimum Gasteiger partial charge on any atom is -0.360 e. The number of nitrogens with zero attached hydrogens (tertiary/aromatic N) is 2. The molecule has 5 nitrogen and oxygen atoms in total. The molecule has 0 spiro atoms. The van der Waals surface area contributed by atoms with Crippen LogP contribution in [0.15, 0.2) is 9.42 Å². The van der Waals surface area contributed by atoms with Gasteiger partial charge in [0.25, 0.3) is 0 Å². The summed E-state index contributed by atoms with van der Waals surface area (Å²) in [4.78, 5) is 0.280. The zero-order chi connectivity index (χ0) is 14.3. The molecule has 0 amide bonds. The first-order valence-corrected chi connectivity index (χ1v) is 8.90. The van der Waals surface area contributed by atoms with Gasteiger partial charge in [0.05, 0.1) is 0 Å². The third kappa shape index (κ3) is 2.19. The van der Waals surface area contributed by atoms with E-state index in [1.54, 1.807) is 18.2 Å². The third-order valence-corrected chi connectivity index (χ3v) is 6.90. The molecule has 3 rings (SSSR count). The van der Waals surface area contributed by atoms with Crippen molar-refractivity contribution in [3.8, 4) is 0 Å². The number of aromatic nitrogens is 1. The van der Waals surface area contributed by atoms with Gasteiger partial charge in [0, 0.05) is 12.6 Å². The summed E-state index contributed by atoms with van der Waals surface area (Å²) in [5.41, 5.74) is 0.472. The number of hydrogen-bond acceptors (Lipinski definition) is 4. The quantitative estimate of drug-likeness (QED) is 0.860. The number of aryl methyl sites for hydroxylation is 2. The minimum absolute atomic E-state index is 0.177. The Balaban J connectivity index is 1.94. The Kier molecular flexibility index (Phi) is 3.62. The van der Waals surface area contributed by atoms with Crippen LogP contribution < -0.4 is 0 Å². The van der Waals surface area contributed by atoms with Crippen molar-refractivity contribution in [3.63, 3.8) is 0 Å². The van der Waals surface area contributed by atoms with Gasteiger partial charge in [-0.2, -0.15) is 4.31 Å². The maximum atomic E-state index is 12.9. The summed E-state index contributed by atoms with van der Waals surface area (Å²) in [7, 11) is -3.47. The van der Waals surface area contributed by atoms with Gasteiger partial charge in [-0.05, 0) is 45.4 Å². The van der Waals surface area contributed by atoms with Crippen molar-refractivity contribution in [2.24, 2.45) is 5.92 Å². The predicted molar refractivity (Wildman–Crippen MR) is 74.8 cm³/mol. The molecule has 1 saturated heterocycles. The maximum Gasteiger partial charge on any atom is 0.248 e. The highest BCUT2D eigenvalue weighted by atomic mass is 32.2. The lowest BCUT2D eigenvalue weighted by molar-refractivity contribution is 0.288. The molecule has 0 bridgehead atoms. The van der Waals surface area contributed by atoms with Gasteiger partial charge in [-0.15, -0.1) is 0 Å².